The van der Waals surface area contributed by atoms with Crippen LogP contribution in [0, 0.1) is 0 Å². The predicted molar refractivity (Wildman–Crippen MR) is 50.3 cm³/mol. The first-order chi connectivity index (χ1) is 5.77. The van der Waals surface area contributed by atoms with Gasteiger partial charge in [-0.15, -0.1) is 11.6 Å². The van der Waals surface area contributed by atoms with Crippen LogP contribution in [0.15, 0.2) is 12.4 Å². The lowest BCUT2D eigenvalue weighted by molar-refractivity contribution is 0.676. The van der Waals surface area contributed by atoms with Gasteiger partial charge in [0.1, 0.15) is 5.82 Å². The summed E-state index contributed by atoms with van der Waals surface area (Å²) in [4.78, 5) is 8.45. The van der Waals surface area contributed by atoms with Crippen molar-refractivity contribution in [3.05, 3.63) is 23.8 Å². The fourth-order valence-corrected chi connectivity index (χ4v) is 1.01. The van der Waals surface area contributed by atoms with Crippen LogP contribution in [-0.2, 0) is 5.88 Å². The highest BCUT2D eigenvalue weighted by Gasteiger charge is 2.04. The van der Waals surface area contributed by atoms with E-state index in [1.807, 2.05) is 0 Å². The second-order valence-electron chi connectivity index (χ2n) is 2.89. The Morgan fingerprint density at radius 2 is 2.00 bits per heavy atom. The molecule has 0 aromatic carbocycles. The molecule has 0 saturated heterocycles. The lowest BCUT2D eigenvalue weighted by Gasteiger charge is -2.05. The van der Waals surface area contributed by atoms with Crippen LogP contribution in [-0.4, -0.2) is 9.97 Å². The molecule has 1 heterocycles. The average Bonchev–Trinajstić information content (AvgIpc) is 2.17. The summed E-state index contributed by atoms with van der Waals surface area (Å²) in [6, 6.07) is 0. The van der Waals surface area contributed by atoms with Gasteiger partial charge in [-0.3, -0.25) is 0 Å². The van der Waals surface area contributed by atoms with E-state index in [2.05, 4.69) is 23.8 Å². The quantitative estimate of drug-likeness (QED) is 0.676. The molecule has 1 unspecified atom stereocenters. The normalized spacial score (nSPS) is 12.9. The molecule has 1 atom stereocenters. The molecule has 0 radical (unpaired) electrons. The Kier molecular flexibility index (Phi) is 3.48. The van der Waals surface area contributed by atoms with Crippen molar-refractivity contribution in [2.45, 2.75) is 32.1 Å². The molecule has 0 amide bonds. The maximum atomic E-state index is 5.61. The van der Waals surface area contributed by atoms with Crippen molar-refractivity contribution in [3.8, 4) is 0 Å². The average molecular weight is 185 g/mol. The lowest BCUT2D eigenvalue weighted by Crippen LogP contribution is -1.99. The van der Waals surface area contributed by atoms with E-state index in [4.69, 9.17) is 11.6 Å². The molecule has 3 heteroatoms. The molecule has 0 N–H and O–H groups in total. The van der Waals surface area contributed by atoms with Crippen LogP contribution in [0.1, 0.15) is 37.6 Å². The minimum atomic E-state index is 0.439. The van der Waals surface area contributed by atoms with Crippen molar-refractivity contribution in [3.63, 3.8) is 0 Å². The van der Waals surface area contributed by atoms with Gasteiger partial charge < -0.3 is 0 Å². The second-order valence-corrected chi connectivity index (χ2v) is 3.16. The molecule has 1 aromatic rings. The van der Waals surface area contributed by atoms with Crippen molar-refractivity contribution >= 4 is 11.6 Å². The number of aromatic nitrogens is 2. The van der Waals surface area contributed by atoms with Gasteiger partial charge in [-0.1, -0.05) is 13.8 Å². The maximum Gasteiger partial charge on any atom is 0.131 e. The summed E-state index contributed by atoms with van der Waals surface area (Å²) in [6.45, 7) is 4.25. The number of rotatable bonds is 3. The highest BCUT2D eigenvalue weighted by atomic mass is 35.5. The largest absolute Gasteiger partial charge is 0.241 e. The molecular weight excluding hydrogens is 172 g/mol. The van der Waals surface area contributed by atoms with E-state index in [0.717, 1.165) is 17.8 Å². The monoisotopic (exact) mass is 184 g/mol. The molecule has 1 rings (SSSR count). The van der Waals surface area contributed by atoms with Crippen LogP contribution in [0.3, 0.4) is 0 Å². The van der Waals surface area contributed by atoms with Gasteiger partial charge in [0.05, 0.1) is 5.88 Å². The van der Waals surface area contributed by atoms with E-state index in [0.29, 0.717) is 11.8 Å². The van der Waals surface area contributed by atoms with Gasteiger partial charge in [-0.05, 0) is 6.42 Å². The Bertz CT molecular complexity index is 233. The van der Waals surface area contributed by atoms with E-state index in [1.165, 1.54) is 0 Å². The number of hydrogen-bond acceptors (Lipinski definition) is 2. The zero-order valence-electron chi connectivity index (χ0n) is 7.42. The summed E-state index contributed by atoms with van der Waals surface area (Å²) >= 11 is 5.61. The summed E-state index contributed by atoms with van der Waals surface area (Å²) in [7, 11) is 0. The molecule has 0 aliphatic carbocycles. The van der Waals surface area contributed by atoms with Gasteiger partial charge in [0.15, 0.2) is 0 Å². The Hall–Kier alpha value is -0.630. The molecule has 0 saturated carbocycles. The number of halogens is 1. The van der Waals surface area contributed by atoms with Crippen LogP contribution in [0.5, 0.6) is 0 Å². The van der Waals surface area contributed by atoms with E-state index >= 15 is 0 Å². The standard InChI is InChI=1S/C9H13ClN2/c1-3-7(2)9-11-5-8(4-10)6-12-9/h5-7H,3-4H2,1-2H3. The highest BCUT2D eigenvalue weighted by Crippen LogP contribution is 2.13. The van der Waals surface area contributed by atoms with Gasteiger partial charge in [-0.25, -0.2) is 9.97 Å². The molecule has 66 valence electrons. The van der Waals surface area contributed by atoms with Crippen LogP contribution in [0.2, 0.25) is 0 Å². The third-order valence-electron chi connectivity index (χ3n) is 1.93. The first-order valence-electron chi connectivity index (χ1n) is 4.14. The minimum absolute atomic E-state index is 0.439. The first-order valence-corrected chi connectivity index (χ1v) is 4.68. The number of hydrogen-bond donors (Lipinski definition) is 0. The summed E-state index contributed by atoms with van der Waals surface area (Å²) in [5, 5.41) is 0. The highest BCUT2D eigenvalue weighted by molar-refractivity contribution is 6.17. The lowest BCUT2D eigenvalue weighted by atomic mass is 10.1. The van der Waals surface area contributed by atoms with Crippen LogP contribution in [0.25, 0.3) is 0 Å². The summed E-state index contributed by atoms with van der Waals surface area (Å²) in [6.07, 6.45) is 4.66. The van der Waals surface area contributed by atoms with Crippen molar-refractivity contribution in [1.29, 1.82) is 0 Å². The van der Waals surface area contributed by atoms with Gasteiger partial charge in [0.2, 0.25) is 0 Å². The summed E-state index contributed by atoms with van der Waals surface area (Å²) in [5.74, 6) is 1.83. The van der Waals surface area contributed by atoms with Crippen LogP contribution < -0.4 is 0 Å². The van der Waals surface area contributed by atoms with Crippen molar-refractivity contribution in [1.82, 2.24) is 9.97 Å². The first kappa shape index (κ1) is 9.46. The molecule has 0 aliphatic rings. The van der Waals surface area contributed by atoms with Crippen molar-refractivity contribution in [2.24, 2.45) is 0 Å². The molecule has 2 nitrogen and oxygen atoms in total. The third-order valence-corrected chi connectivity index (χ3v) is 2.24. The Labute approximate surface area is 78.0 Å². The van der Waals surface area contributed by atoms with Gasteiger partial charge in [0, 0.05) is 23.9 Å². The van der Waals surface area contributed by atoms with Crippen LogP contribution >= 0.6 is 11.6 Å². The fraction of sp³-hybridized carbons (Fsp3) is 0.556. The van der Waals surface area contributed by atoms with E-state index < -0.39 is 0 Å². The van der Waals surface area contributed by atoms with Gasteiger partial charge in [-0.2, -0.15) is 0 Å². The van der Waals surface area contributed by atoms with E-state index in [1.54, 1.807) is 12.4 Å². The number of nitrogens with zero attached hydrogens (tertiary/aromatic N) is 2. The Morgan fingerprint density at radius 1 is 1.42 bits per heavy atom. The van der Waals surface area contributed by atoms with Crippen molar-refractivity contribution in [2.75, 3.05) is 0 Å². The molecule has 12 heavy (non-hydrogen) atoms. The SMILES string of the molecule is CCC(C)c1ncc(CCl)cn1. The number of alkyl halides is 1. The third kappa shape index (κ3) is 2.18. The van der Waals surface area contributed by atoms with Crippen LogP contribution in [0.4, 0.5) is 0 Å². The summed E-state index contributed by atoms with van der Waals surface area (Å²) in [5.41, 5.74) is 0.976. The summed E-state index contributed by atoms with van der Waals surface area (Å²) < 4.78 is 0. The second kappa shape index (κ2) is 4.41. The smallest absolute Gasteiger partial charge is 0.131 e. The Morgan fingerprint density at radius 3 is 2.42 bits per heavy atom. The van der Waals surface area contributed by atoms with Crippen molar-refractivity contribution < 1.29 is 0 Å². The van der Waals surface area contributed by atoms with E-state index in [-0.39, 0.29) is 0 Å². The molecular formula is C9H13ClN2. The van der Waals surface area contributed by atoms with Gasteiger partial charge in [0.25, 0.3) is 0 Å². The molecule has 0 spiro atoms. The topological polar surface area (TPSA) is 25.8 Å². The minimum Gasteiger partial charge on any atom is -0.241 e. The molecule has 0 aliphatic heterocycles. The maximum absolute atomic E-state index is 5.61. The molecule has 0 bridgehead atoms. The molecule has 1 aromatic heterocycles. The van der Waals surface area contributed by atoms with Gasteiger partial charge >= 0.3 is 0 Å². The Balaban J connectivity index is 2.77. The predicted octanol–water partition coefficient (Wildman–Crippen LogP) is 2.73. The zero-order valence-corrected chi connectivity index (χ0v) is 8.17. The zero-order chi connectivity index (χ0) is 8.97. The fourth-order valence-electron chi connectivity index (χ4n) is 0.871. The van der Waals surface area contributed by atoms with E-state index in [9.17, 15) is 0 Å². The molecule has 0 fully saturated rings.